The molecule has 1 aliphatic rings. The van der Waals surface area contributed by atoms with E-state index in [0.29, 0.717) is 18.7 Å². The number of hydrogen-bond donors (Lipinski definition) is 2. The molecule has 140 valence electrons. The molecule has 27 heavy (non-hydrogen) atoms. The Kier molecular flexibility index (Phi) is 4.70. The fourth-order valence-corrected chi connectivity index (χ4v) is 4.47. The van der Waals surface area contributed by atoms with Crippen LogP contribution in [0.3, 0.4) is 0 Å². The van der Waals surface area contributed by atoms with E-state index in [1.165, 1.54) is 0 Å². The van der Waals surface area contributed by atoms with E-state index in [4.69, 9.17) is 4.74 Å². The van der Waals surface area contributed by atoms with Crippen LogP contribution in [0.25, 0.3) is 10.7 Å². The number of ether oxygens (including phenoxy) is 1. The van der Waals surface area contributed by atoms with Gasteiger partial charge in [0.15, 0.2) is 5.82 Å². The molecule has 0 unspecified atom stereocenters. The number of benzene rings is 1. The molecular weight excluding hydrogens is 360 g/mol. The first-order chi connectivity index (χ1) is 13.1. The number of aromatic amines is 1. The van der Waals surface area contributed by atoms with Gasteiger partial charge in [-0.2, -0.15) is 0 Å². The van der Waals surface area contributed by atoms with Crippen molar-refractivity contribution in [3.8, 4) is 16.5 Å². The van der Waals surface area contributed by atoms with E-state index in [9.17, 15) is 4.79 Å². The van der Waals surface area contributed by atoms with Crippen molar-refractivity contribution < 1.29 is 9.53 Å². The van der Waals surface area contributed by atoms with E-state index in [2.05, 4.69) is 33.3 Å². The third-order valence-electron chi connectivity index (χ3n) is 4.89. The summed E-state index contributed by atoms with van der Waals surface area (Å²) in [5.74, 6) is 1.55. The van der Waals surface area contributed by atoms with Crippen LogP contribution in [0.2, 0.25) is 0 Å². The van der Waals surface area contributed by atoms with Crippen LogP contribution in [0.15, 0.2) is 24.3 Å². The molecule has 1 aliphatic heterocycles. The van der Waals surface area contributed by atoms with E-state index in [1.807, 2.05) is 25.1 Å². The van der Waals surface area contributed by atoms with Crippen LogP contribution in [-0.2, 0) is 12.8 Å². The van der Waals surface area contributed by atoms with E-state index in [-0.39, 0.29) is 11.8 Å². The number of H-pyrrole nitrogens is 1. The van der Waals surface area contributed by atoms with Gasteiger partial charge in [-0.25, -0.2) is 9.97 Å². The zero-order valence-corrected chi connectivity index (χ0v) is 16.4. The number of aromatic nitrogens is 3. The lowest BCUT2D eigenvalue weighted by Gasteiger charge is -2.17. The summed E-state index contributed by atoms with van der Waals surface area (Å²) < 4.78 is 5.51. The summed E-state index contributed by atoms with van der Waals surface area (Å²) in [4.78, 5) is 26.2. The molecule has 7 heteroatoms. The Bertz CT molecular complexity index is 992. The number of nitrogens with zero attached hydrogens (tertiary/aromatic N) is 2. The number of rotatable bonds is 4. The predicted molar refractivity (Wildman–Crippen MR) is 106 cm³/mol. The van der Waals surface area contributed by atoms with Gasteiger partial charge >= 0.3 is 0 Å². The van der Waals surface area contributed by atoms with Gasteiger partial charge in [-0.15, -0.1) is 11.3 Å². The van der Waals surface area contributed by atoms with Crippen molar-refractivity contribution in [3.63, 3.8) is 0 Å². The normalized spacial score (nSPS) is 16.6. The lowest BCUT2D eigenvalue weighted by molar-refractivity contribution is 0.0950. The number of carbonyl (C=O) groups is 1. The number of nitrogens with one attached hydrogen (secondary N) is 2. The van der Waals surface area contributed by atoms with E-state index in [1.54, 1.807) is 18.4 Å². The maximum atomic E-state index is 12.6. The van der Waals surface area contributed by atoms with Crippen LogP contribution < -0.4 is 10.1 Å². The molecule has 3 aromatic rings. The van der Waals surface area contributed by atoms with Crippen LogP contribution in [-0.4, -0.2) is 34.5 Å². The highest BCUT2D eigenvalue weighted by atomic mass is 32.1. The molecule has 1 amide bonds. The number of imidazole rings is 1. The number of amides is 1. The molecule has 0 saturated carbocycles. The van der Waals surface area contributed by atoms with Crippen molar-refractivity contribution in [1.29, 1.82) is 0 Å². The number of hydrogen-bond acceptors (Lipinski definition) is 5. The number of para-hydroxylation sites is 1. The van der Waals surface area contributed by atoms with Gasteiger partial charge in [0.25, 0.3) is 5.91 Å². The Morgan fingerprint density at radius 2 is 2.11 bits per heavy atom. The minimum absolute atomic E-state index is 0.119. The molecular formula is C20H22N4O2S. The second kappa shape index (κ2) is 7.15. The third-order valence-corrected chi connectivity index (χ3v) is 6.20. The SMILES string of the molecule is CCc1nc(C)c(-c2nc3c([nH]2)C[C@H](c2ccccc2OC)CNC3=O)s1. The molecule has 0 radical (unpaired) electrons. The van der Waals surface area contributed by atoms with Gasteiger partial charge in [0.2, 0.25) is 0 Å². The summed E-state index contributed by atoms with van der Waals surface area (Å²) in [5.41, 5.74) is 3.38. The first-order valence-corrected chi connectivity index (χ1v) is 9.89. The van der Waals surface area contributed by atoms with Crippen molar-refractivity contribution in [2.45, 2.75) is 32.6 Å². The van der Waals surface area contributed by atoms with Gasteiger partial charge in [-0.05, 0) is 31.4 Å². The quantitative estimate of drug-likeness (QED) is 0.724. The van der Waals surface area contributed by atoms with E-state index >= 15 is 0 Å². The van der Waals surface area contributed by atoms with Crippen LogP contribution in [0.4, 0.5) is 0 Å². The molecule has 0 spiro atoms. The molecule has 2 aromatic heterocycles. The van der Waals surface area contributed by atoms with Gasteiger partial charge in [-0.1, -0.05) is 25.1 Å². The summed E-state index contributed by atoms with van der Waals surface area (Å²) in [6.45, 7) is 4.62. The highest BCUT2D eigenvalue weighted by Gasteiger charge is 2.28. The average Bonchev–Trinajstić information content (AvgIpc) is 3.24. The number of thiazole rings is 1. The van der Waals surface area contributed by atoms with Crippen molar-refractivity contribution in [2.24, 2.45) is 0 Å². The fraction of sp³-hybridized carbons (Fsp3) is 0.350. The molecule has 6 nitrogen and oxygen atoms in total. The lowest BCUT2D eigenvalue weighted by Crippen LogP contribution is -2.26. The Labute approximate surface area is 162 Å². The maximum absolute atomic E-state index is 12.6. The van der Waals surface area contributed by atoms with E-state index < -0.39 is 0 Å². The van der Waals surface area contributed by atoms with Gasteiger partial charge in [0.05, 0.1) is 22.7 Å². The first-order valence-electron chi connectivity index (χ1n) is 9.07. The number of carbonyl (C=O) groups excluding carboxylic acids is 1. The molecule has 0 fully saturated rings. The lowest BCUT2D eigenvalue weighted by atomic mass is 9.93. The molecule has 3 heterocycles. The maximum Gasteiger partial charge on any atom is 0.271 e. The van der Waals surface area contributed by atoms with Gasteiger partial charge in [0.1, 0.15) is 11.4 Å². The zero-order chi connectivity index (χ0) is 19.0. The Morgan fingerprint density at radius 1 is 1.30 bits per heavy atom. The number of methoxy groups -OCH3 is 1. The second-order valence-corrected chi connectivity index (χ2v) is 7.72. The first kappa shape index (κ1) is 17.7. The molecule has 1 aromatic carbocycles. The molecule has 0 bridgehead atoms. The predicted octanol–water partition coefficient (Wildman–Crippen LogP) is 3.48. The minimum atomic E-state index is -0.136. The number of fused-ring (bicyclic) bond motifs is 1. The van der Waals surface area contributed by atoms with Gasteiger partial charge < -0.3 is 15.0 Å². The fourth-order valence-electron chi connectivity index (χ4n) is 3.52. The second-order valence-electron chi connectivity index (χ2n) is 6.64. The average molecular weight is 382 g/mol. The Morgan fingerprint density at radius 3 is 2.85 bits per heavy atom. The van der Waals surface area contributed by atoms with Gasteiger partial charge in [-0.3, -0.25) is 4.79 Å². The minimum Gasteiger partial charge on any atom is -0.496 e. The molecule has 0 aliphatic carbocycles. The van der Waals surface area contributed by atoms with Crippen molar-refractivity contribution in [3.05, 3.63) is 51.9 Å². The van der Waals surface area contributed by atoms with Crippen LogP contribution >= 0.6 is 11.3 Å². The van der Waals surface area contributed by atoms with Crippen LogP contribution in [0, 0.1) is 6.92 Å². The van der Waals surface area contributed by atoms with E-state index in [0.717, 1.165) is 44.8 Å². The third kappa shape index (κ3) is 3.23. The molecule has 1 atom stereocenters. The Hall–Kier alpha value is -2.67. The summed E-state index contributed by atoms with van der Waals surface area (Å²) in [6, 6.07) is 7.96. The standard InChI is InChI=1S/C20H22N4O2S/c1-4-16-22-11(2)18(27-16)19-23-14-9-12(10-21-20(25)17(14)24-19)13-7-5-6-8-15(13)26-3/h5-8,12H,4,9-10H2,1-3H3,(H,21,25)(H,23,24)/t12-/m0/s1. The van der Waals surface area contributed by atoms with Crippen molar-refractivity contribution >= 4 is 17.2 Å². The van der Waals surface area contributed by atoms with Crippen LogP contribution in [0.5, 0.6) is 5.75 Å². The summed E-state index contributed by atoms with van der Waals surface area (Å²) in [5, 5.41) is 4.08. The molecule has 0 saturated heterocycles. The topological polar surface area (TPSA) is 79.9 Å². The Balaban J connectivity index is 1.72. The summed E-state index contributed by atoms with van der Waals surface area (Å²) in [6.07, 6.45) is 1.59. The van der Waals surface area contributed by atoms with Crippen molar-refractivity contribution in [1.82, 2.24) is 20.3 Å². The molecule has 2 N–H and O–H groups in total. The largest absolute Gasteiger partial charge is 0.496 e. The van der Waals surface area contributed by atoms with Crippen molar-refractivity contribution in [2.75, 3.05) is 13.7 Å². The highest BCUT2D eigenvalue weighted by Crippen LogP contribution is 2.33. The smallest absolute Gasteiger partial charge is 0.271 e. The van der Waals surface area contributed by atoms with Gasteiger partial charge in [0, 0.05) is 18.2 Å². The highest BCUT2D eigenvalue weighted by molar-refractivity contribution is 7.15. The summed E-state index contributed by atoms with van der Waals surface area (Å²) >= 11 is 1.63. The zero-order valence-electron chi connectivity index (χ0n) is 15.6. The molecule has 4 rings (SSSR count). The number of aryl methyl sites for hydroxylation is 2. The monoisotopic (exact) mass is 382 g/mol. The van der Waals surface area contributed by atoms with Crippen LogP contribution in [0.1, 0.15) is 45.3 Å². The summed E-state index contributed by atoms with van der Waals surface area (Å²) in [7, 11) is 1.67.